The van der Waals surface area contributed by atoms with E-state index < -0.39 is 5.91 Å². The van der Waals surface area contributed by atoms with Crippen LogP contribution in [0.15, 0.2) is 53.5 Å². The van der Waals surface area contributed by atoms with Crippen LogP contribution in [-0.2, 0) is 11.2 Å². The highest BCUT2D eigenvalue weighted by molar-refractivity contribution is 7.15. The SMILES string of the molecule is N#C/C(=C\c1cccs1)C(=O)Nc1ncc(Cc2ccc(F)cc2)s1. The third-order valence-corrected chi connectivity index (χ3v) is 4.99. The summed E-state index contributed by atoms with van der Waals surface area (Å²) in [6.07, 6.45) is 3.82. The topological polar surface area (TPSA) is 65.8 Å². The lowest BCUT2D eigenvalue weighted by Gasteiger charge is -1.99. The summed E-state index contributed by atoms with van der Waals surface area (Å²) in [7, 11) is 0. The van der Waals surface area contributed by atoms with Crippen LogP contribution in [0.3, 0.4) is 0 Å². The Hall–Kier alpha value is -2.82. The van der Waals surface area contributed by atoms with Gasteiger partial charge in [0.05, 0.1) is 0 Å². The van der Waals surface area contributed by atoms with Crippen molar-refractivity contribution in [2.24, 2.45) is 0 Å². The molecule has 1 amide bonds. The minimum absolute atomic E-state index is 0.0257. The lowest BCUT2D eigenvalue weighted by Crippen LogP contribution is -2.13. The van der Waals surface area contributed by atoms with Crippen LogP contribution in [-0.4, -0.2) is 10.9 Å². The standard InChI is InChI=1S/C18H12FN3OS2/c19-14-5-3-12(4-6-14)8-16-11-21-18(25-16)22-17(23)13(10-20)9-15-2-1-7-24-15/h1-7,9,11H,8H2,(H,21,22,23)/b13-9+. The van der Waals surface area contributed by atoms with E-state index in [1.807, 2.05) is 23.6 Å². The second kappa shape index (κ2) is 7.83. The Labute approximate surface area is 151 Å². The van der Waals surface area contributed by atoms with E-state index in [0.717, 1.165) is 15.3 Å². The summed E-state index contributed by atoms with van der Waals surface area (Å²) < 4.78 is 12.9. The fraction of sp³-hybridized carbons (Fsp3) is 0.0556. The van der Waals surface area contributed by atoms with E-state index in [0.29, 0.717) is 11.6 Å². The van der Waals surface area contributed by atoms with E-state index in [4.69, 9.17) is 0 Å². The van der Waals surface area contributed by atoms with Gasteiger partial charge in [0.15, 0.2) is 5.13 Å². The molecule has 0 atom stereocenters. The number of aromatic nitrogens is 1. The van der Waals surface area contributed by atoms with Crippen LogP contribution in [0.25, 0.3) is 6.08 Å². The van der Waals surface area contributed by atoms with Gasteiger partial charge in [-0.2, -0.15) is 5.26 Å². The van der Waals surface area contributed by atoms with Crippen LogP contribution >= 0.6 is 22.7 Å². The van der Waals surface area contributed by atoms with Gasteiger partial charge in [-0.05, 0) is 35.2 Å². The Kier molecular flexibility index (Phi) is 5.33. The number of hydrogen-bond donors (Lipinski definition) is 1. The second-order valence-electron chi connectivity index (χ2n) is 5.07. The number of halogens is 1. The van der Waals surface area contributed by atoms with Gasteiger partial charge in [-0.3, -0.25) is 10.1 Å². The van der Waals surface area contributed by atoms with E-state index in [2.05, 4.69) is 10.3 Å². The van der Waals surface area contributed by atoms with Crippen molar-refractivity contribution in [2.75, 3.05) is 5.32 Å². The summed E-state index contributed by atoms with van der Waals surface area (Å²) in [5.41, 5.74) is 0.982. The van der Waals surface area contributed by atoms with Gasteiger partial charge in [0.2, 0.25) is 0 Å². The molecule has 0 aliphatic rings. The van der Waals surface area contributed by atoms with Gasteiger partial charge < -0.3 is 0 Å². The molecule has 1 aromatic carbocycles. The number of carbonyl (C=O) groups excluding carboxylic acids is 1. The smallest absolute Gasteiger partial charge is 0.268 e. The predicted octanol–water partition coefficient (Wildman–Crippen LogP) is 4.48. The summed E-state index contributed by atoms with van der Waals surface area (Å²) >= 11 is 2.77. The van der Waals surface area contributed by atoms with Gasteiger partial charge in [0, 0.05) is 22.4 Å². The van der Waals surface area contributed by atoms with Crippen LogP contribution < -0.4 is 5.32 Å². The van der Waals surface area contributed by atoms with Crippen molar-refractivity contribution in [1.82, 2.24) is 4.98 Å². The molecule has 7 heteroatoms. The first-order valence-corrected chi connectivity index (χ1v) is 8.99. The summed E-state index contributed by atoms with van der Waals surface area (Å²) in [5, 5.41) is 14.1. The number of thiophene rings is 1. The minimum Gasteiger partial charge on any atom is -0.297 e. The molecule has 1 N–H and O–H groups in total. The number of carbonyl (C=O) groups is 1. The molecule has 0 bridgehead atoms. The molecule has 3 rings (SSSR count). The van der Waals surface area contributed by atoms with Crippen LogP contribution in [0.1, 0.15) is 15.3 Å². The van der Waals surface area contributed by atoms with Crippen molar-refractivity contribution in [1.29, 1.82) is 5.26 Å². The minimum atomic E-state index is -0.487. The Balaban J connectivity index is 1.67. The van der Waals surface area contributed by atoms with Crippen molar-refractivity contribution in [3.8, 4) is 6.07 Å². The number of amides is 1. The Morgan fingerprint density at radius 3 is 2.80 bits per heavy atom. The summed E-state index contributed by atoms with van der Waals surface area (Å²) in [4.78, 5) is 18.1. The van der Waals surface area contributed by atoms with E-state index in [9.17, 15) is 14.4 Å². The number of thiazole rings is 1. The van der Waals surface area contributed by atoms with Gasteiger partial charge in [-0.25, -0.2) is 9.37 Å². The zero-order valence-corrected chi connectivity index (χ0v) is 14.5. The highest BCUT2D eigenvalue weighted by Crippen LogP contribution is 2.22. The maximum absolute atomic E-state index is 12.9. The van der Waals surface area contributed by atoms with Crippen molar-refractivity contribution in [2.45, 2.75) is 6.42 Å². The fourth-order valence-corrected chi connectivity index (χ4v) is 3.58. The van der Waals surface area contributed by atoms with Crippen molar-refractivity contribution >= 4 is 39.8 Å². The third-order valence-electron chi connectivity index (χ3n) is 3.26. The summed E-state index contributed by atoms with van der Waals surface area (Å²) in [6.45, 7) is 0. The fourth-order valence-electron chi connectivity index (χ4n) is 2.08. The maximum atomic E-state index is 12.9. The zero-order valence-electron chi connectivity index (χ0n) is 12.9. The normalized spacial score (nSPS) is 11.1. The summed E-state index contributed by atoms with van der Waals surface area (Å²) in [6, 6.07) is 11.8. The Bertz CT molecular complexity index is 938. The molecule has 0 saturated carbocycles. The Morgan fingerprint density at radius 2 is 2.12 bits per heavy atom. The third kappa shape index (κ3) is 4.59. The first-order chi connectivity index (χ1) is 12.1. The lowest BCUT2D eigenvalue weighted by atomic mass is 10.1. The van der Waals surface area contributed by atoms with E-state index in [1.54, 1.807) is 24.4 Å². The van der Waals surface area contributed by atoms with E-state index in [-0.39, 0.29) is 11.4 Å². The zero-order chi connectivity index (χ0) is 17.6. The summed E-state index contributed by atoms with van der Waals surface area (Å²) in [5.74, 6) is -0.763. The number of rotatable bonds is 5. The molecule has 4 nitrogen and oxygen atoms in total. The van der Waals surface area contributed by atoms with Gasteiger partial charge in [0.25, 0.3) is 5.91 Å². The van der Waals surface area contributed by atoms with Crippen LogP contribution in [0.5, 0.6) is 0 Å². The number of nitrogens with zero attached hydrogens (tertiary/aromatic N) is 2. The predicted molar refractivity (Wildman–Crippen MR) is 97.9 cm³/mol. The molecule has 124 valence electrons. The highest BCUT2D eigenvalue weighted by Gasteiger charge is 2.12. The molecule has 2 heterocycles. The van der Waals surface area contributed by atoms with Gasteiger partial charge in [-0.15, -0.1) is 22.7 Å². The number of benzene rings is 1. The molecule has 0 fully saturated rings. The Morgan fingerprint density at radius 1 is 1.32 bits per heavy atom. The van der Waals surface area contributed by atoms with Crippen molar-refractivity contribution in [3.63, 3.8) is 0 Å². The average Bonchev–Trinajstić information content (AvgIpc) is 3.26. The van der Waals surface area contributed by atoms with Gasteiger partial charge >= 0.3 is 0 Å². The van der Waals surface area contributed by atoms with Gasteiger partial charge in [-0.1, -0.05) is 18.2 Å². The molecule has 0 aliphatic carbocycles. The lowest BCUT2D eigenvalue weighted by molar-refractivity contribution is -0.112. The molecule has 0 unspecified atom stereocenters. The molecular formula is C18H12FN3OS2. The first-order valence-electron chi connectivity index (χ1n) is 7.30. The largest absolute Gasteiger partial charge is 0.297 e. The van der Waals surface area contributed by atoms with E-state index in [1.165, 1.54) is 34.8 Å². The van der Waals surface area contributed by atoms with Crippen LogP contribution in [0, 0.1) is 17.1 Å². The molecule has 3 aromatic rings. The number of hydrogen-bond acceptors (Lipinski definition) is 5. The monoisotopic (exact) mass is 369 g/mol. The maximum Gasteiger partial charge on any atom is 0.268 e. The molecule has 0 saturated heterocycles. The van der Waals surface area contributed by atoms with E-state index >= 15 is 0 Å². The quantitative estimate of drug-likeness (QED) is 0.533. The molecular weight excluding hydrogens is 357 g/mol. The molecule has 0 spiro atoms. The number of anilines is 1. The second-order valence-corrected chi connectivity index (χ2v) is 7.17. The van der Waals surface area contributed by atoms with Crippen LogP contribution in [0.4, 0.5) is 9.52 Å². The molecule has 0 radical (unpaired) electrons. The van der Waals surface area contributed by atoms with Crippen molar-refractivity contribution < 1.29 is 9.18 Å². The highest BCUT2D eigenvalue weighted by atomic mass is 32.1. The van der Waals surface area contributed by atoms with Crippen LogP contribution in [0.2, 0.25) is 0 Å². The molecule has 2 aromatic heterocycles. The average molecular weight is 369 g/mol. The number of nitrogens with one attached hydrogen (secondary N) is 1. The molecule has 0 aliphatic heterocycles. The molecule has 25 heavy (non-hydrogen) atoms. The first kappa shape index (κ1) is 17.0. The van der Waals surface area contributed by atoms with Crippen molar-refractivity contribution in [3.05, 3.63) is 74.7 Å². The number of nitriles is 1. The van der Waals surface area contributed by atoms with Gasteiger partial charge in [0.1, 0.15) is 17.5 Å².